The van der Waals surface area contributed by atoms with E-state index in [9.17, 15) is 0 Å². The maximum atomic E-state index is 5.57. The second kappa shape index (κ2) is 4.05. The van der Waals surface area contributed by atoms with Gasteiger partial charge < -0.3 is 5.73 Å². The summed E-state index contributed by atoms with van der Waals surface area (Å²) in [6.45, 7) is 2.53. The standard InChI is InChI=1S/C11H17N3/c1-8-9-5-3-2-4-6-10(9)14-11(7-12)13-8/h2-7,12H2,1H3. The van der Waals surface area contributed by atoms with E-state index in [2.05, 4.69) is 16.9 Å². The zero-order chi connectivity index (χ0) is 9.97. The summed E-state index contributed by atoms with van der Waals surface area (Å²) in [4.78, 5) is 8.93. The van der Waals surface area contributed by atoms with Crippen molar-refractivity contribution in [1.82, 2.24) is 9.97 Å². The normalized spacial score (nSPS) is 16.1. The van der Waals surface area contributed by atoms with Crippen molar-refractivity contribution in [3.8, 4) is 0 Å². The number of hydrogen-bond donors (Lipinski definition) is 1. The summed E-state index contributed by atoms with van der Waals surface area (Å²) in [7, 11) is 0. The van der Waals surface area contributed by atoms with Gasteiger partial charge in [0, 0.05) is 11.4 Å². The zero-order valence-electron chi connectivity index (χ0n) is 8.71. The number of rotatable bonds is 1. The van der Waals surface area contributed by atoms with Crippen LogP contribution in [-0.4, -0.2) is 9.97 Å². The minimum absolute atomic E-state index is 0.452. The van der Waals surface area contributed by atoms with E-state index in [4.69, 9.17) is 5.73 Å². The Hall–Kier alpha value is -0.960. The van der Waals surface area contributed by atoms with Crippen LogP contribution in [0.4, 0.5) is 0 Å². The van der Waals surface area contributed by atoms with Crippen molar-refractivity contribution >= 4 is 0 Å². The molecule has 0 aromatic carbocycles. The second-order valence-corrected chi connectivity index (χ2v) is 3.92. The van der Waals surface area contributed by atoms with Crippen LogP contribution in [0.3, 0.4) is 0 Å². The van der Waals surface area contributed by atoms with Gasteiger partial charge in [0.1, 0.15) is 5.82 Å². The maximum absolute atomic E-state index is 5.57. The van der Waals surface area contributed by atoms with Crippen molar-refractivity contribution in [1.29, 1.82) is 0 Å². The van der Waals surface area contributed by atoms with Gasteiger partial charge in [0.05, 0.1) is 6.54 Å². The molecule has 1 aromatic rings. The number of aryl methyl sites for hydroxylation is 2. The fourth-order valence-corrected chi connectivity index (χ4v) is 2.11. The van der Waals surface area contributed by atoms with Gasteiger partial charge in [-0.05, 0) is 38.2 Å². The van der Waals surface area contributed by atoms with Gasteiger partial charge in [0.2, 0.25) is 0 Å². The molecule has 3 heteroatoms. The highest BCUT2D eigenvalue weighted by molar-refractivity contribution is 5.26. The molecule has 0 saturated heterocycles. The van der Waals surface area contributed by atoms with E-state index < -0.39 is 0 Å². The minimum Gasteiger partial charge on any atom is -0.324 e. The van der Waals surface area contributed by atoms with Gasteiger partial charge in [-0.25, -0.2) is 9.97 Å². The first kappa shape index (κ1) is 9.59. The molecule has 1 aliphatic rings. The monoisotopic (exact) mass is 191 g/mol. The van der Waals surface area contributed by atoms with Crippen LogP contribution in [0.1, 0.15) is 42.0 Å². The largest absolute Gasteiger partial charge is 0.324 e. The molecule has 14 heavy (non-hydrogen) atoms. The number of aromatic nitrogens is 2. The first-order valence-corrected chi connectivity index (χ1v) is 5.36. The molecule has 0 spiro atoms. The third kappa shape index (κ3) is 1.77. The van der Waals surface area contributed by atoms with Crippen molar-refractivity contribution in [3.63, 3.8) is 0 Å². The molecule has 76 valence electrons. The van der Waals surface area contributed by atoms with Crippen LogP contribution in [0.15, 0.2) is 0 Å². The first-order chi connectivity index (χ1) is 6.81. The van der Waals surface area contributed by atoms with Gasteiger partial charge in [-0.15, -0.1) is 0 Å². The Labute approximate surface area is 84.8 Å². The topological polar surface area (TPSA) is 51.8 Å². The highest BCUT2D eigenvalue weighted by atomic mass is 14.9. The molecule has 0 amide bonds. The summed E-state index contributed by atoms with van der Waals surface area (Å²) in [6, 6.07) is 0. The van der Waals surface area contributed by atoms with Crippen LogP contribution in [-0.2, 0) is 19.4 Å². The van der Waals surface area contributed by atoms with Crippen LogP contribution in [0.5, 0.6) is 0 Å². The summed E-state index contributed by atoms with van der Waals surface area (Å²) in [5.41, 5.74) is 9.32. The average Bonchev–Trinajstić information content (AvgIpc) is 2.42. The molecule has 0 unspecified atom stereocenters. The van der Waals surface area contributed by atoms with Crippen molar-refractivity contribution in [2.45, 2.75) is 45.6 Å². The predicted octanol–water partition coefficient (Wildman–Crippen LogP) is 1.51. The number of nitrogens with two attached hydrogens (primary N) is 1. The molecule has 0 bridgehead atoms. The molecule has 0 saturated carbocycles. The molecule has 1 aliphatic carbocycles. The molecule has 0 atom stereocenters. The van der Waals surface area contributed by atoms with E-state index in [0.717, 1.165) is 24.4 Å². The highest BCUT2D eigenvalue weighted by Crippen LogP contribution is 2.20. The van der Waals surface area contributed by atoms with Crippen LogP contribution in [0.2, 0.25) is 0 Å². The summed E-state index contributed by atoms with van der Waals surface area (Å²) in [5, 5.41) is 0. The fraction of sp³-hybridized carbons (Fsp3) is 0.636. The summed E-state index contributed by atoms with van der Waals surface area (Å²) in [6.07, 6.45) is 6.10. The Morgan fingerprint density at radius 2 is 1.93 bits per heavy atom. The van der Waals surface area contributed by atoms with E-state index in [1.807, 2.05) is 0 Å². The lowest BCUT2D eigenvalue weighted by atomic mass is 10.1. The van der Waals surface area contributed by atoms with E-state index in [1.54, 1.807) is 0 Å². The van der Waals surface area contributed by atoms with Crippen molar-refractivity contribution in [2.75, 3.05) is 0 Å². The van der Waals surface area contributed by atoms with Crippen LogP contribution >= 0.6 is 0 Å². The summed E-state index contributed by atoms with van der Waals surface area (Å²) >= 11 is 0. The van der Waals surface area contributed by atoms with Gasteiger partial charge >= 0.3 is 0 Å². The lowest BCUT2D eigenvalue weighted by Gasteiger charge is -2.09. The quantitative estimate of drug-likeness (QED) is 0.685. The van der Waals surface area contributed by atoms with E-state index in [0.29, 0.717) is 6.54 Å². The molecule has 3 nitrogen and oxygen atoms in total. The highest BCUT2D eigenvalue weighted by Gasteiger charge is 2.13. The van der Waals surface area contributed by atoms with Crippen LogP contribution < -0.4 is 5.73 Å². The van der Waals surface area contributed by atoms with Crippen LogP contribution in [0.25, 0.3) is 0 Å². The van der Waals surface area contributed by atoms with Gasteiger partial charge in [-0.3, -0.25) is 0 Å². The predicted molar refractivity (Wildman–Crippen MR) is 55.9 cm³/mol. The number of nitrogens with zero attached hydrogens (tertiary/aromatic N) is 2. The summed E-state index contributed by atoms with van der Waals surface area (Å²) < 4.78 is 0. The number of hydrogen-bond acceptors (Lipinski definition) is 3. The molecular weight excluding hydrogens is 174 g/mol. The summed E-state index contributed by atoms with van der Waals surface area (Å²) in [5.74, 6) is 0.795. The van der Waals surface area contributed by atoms with Gasteiger partial charge in [-0.1, -0.05) is 6.42 Å². The van der Waals surface area contributed by atoms with Gasteiger partial charge in [0.25, 0.3) is 0 Å². The second-order valence-electron chi connectivity index (χ2n) is 3.92. The SMILES string of the molecule is Cc1nc(CN)nc2c1CCCCC2. The van der Waals surface area contributed by atoms with E-state index >= 15 is 0 Å². The molecule has 0 radical (unpaired) electrons. The average molecular weight is 191 g/mol. The molecular formula is C11H17N3. The molecule has 2 N–H and O–H groups in total. The Kier molecular flexibility index (Phi) is 2.77. The maximum Gasteiger partial charge on any atom is 0.142 e. The van der Waals surface area contributed by atoms with Gasteiger partial charge in [0.15, 0.2) is 0 Å². The van der Waals surface area contributed by atoms with Crippen molar-refractivity contribution in [2.24, 2.45) is 5.73 Å². The third-order valence-corrected chi connectivity index (χ3v) is 2.87. The fourth-order valence-electron chi connectivity index (χ4n) is 2.11. The van der Waals surface area contributed by atoms with Crippen molar-refractivity contribution in [3.05, 3.63) is 22.8 Å². The first-order valence-electron chi connectivity index (χ1n) is 5.36. The van der Waals surface area contributed by atoms with Gasteiger partial charge in [-0.2, -0.15) is 0 Å². The van der Waals surface area contributed by atoms with E-state index in [1.165, 1.54) is 30.5 Å². The number of fused-ring (bicyclic) bond motifs is 1. The molecule has 0 aliphatic heterocycles. The van der Waals surface area contributed by atoms with Crippen molar-refractivity contribution < 1.29 is 0 Å². The molecule has 1 aromatic heterocycles. The molecule has 2 rings (SSSR count). The molecule has 0 fully saturated rings. The smallest absolute Gasteiger partial charge is 0.142 e. The van der Waals surface area contributed by atoms with E-state index in [-0.39, 0.29) is 0 Å². The Morgan fingerprint density at radius 3 is 2.71 bits per heavy atom. The third-order valence-electron chi connectivity index (χ3n) is 2.87. The minimum atomic E-state index is 0.452. The lowest BCUT2D eigenvalue weighted by Crippen LogP contribution is -2.10. The Bertz CT molecular complexity index is 334. The lowest BCUT2D eigenvalue weighted by molar-refractivity contribution is 0.707. The Morgan fingerprint density at radius 1 is 1.14 bits per heavy atom. The zero-order valence-corrected chi connectivity index (χ0v) is 8.71. The molecule has 1 heterocycles. The Balaban J connectivity index is 2.43. The van der Waals surface area contributed by atoms with Crippen LogP contribution in [0, 0.1) is 6.92 Å².